The first-order valence-corrected chi connectivity index (χ1v) is 5.54. The zero-order valence-electron chi connectivity index (χ0n) is 9.67. The van der Waals surface area contributed by atoms with Crippen LogP contribution in [0.15, 0.2) is 30.6 Å². The van der Waals surface area contributed by atoms with E-state index in [1.807, 2.05) is 29.0 Å². The van der Waals surface area contributed by atoms with Crippen LogP contribution in [-0.2, 0) is 16.1 Å². The molecule has 0 aliphatic carbocycles. The van der Waals surface area contributed by atoms with Crippen LogP contribution in [0.4, 0.5) is 0 Å². The molecule has 0 saturated carbocycles. The van der Waals surface area contributed by atoms with E-state index in [9.17, 15) is 4.79 Å². The number of esters is 1. The number of carbonyl (C=O) groups excluding carboxylic acids is 1. The van der Waals surface area contributed by atoms with E-state index < -0.39 is 6.04 Å². The van der Waals surface area contributed by atoms with Gasteiger partial charge in [0, 0.05) is 24.3 Å². The predicted molar refractivity (Wildman–Crippen MR) is 64.3 cm³/mol. The summed E-state index contributed by atoms with van der Waals surface area (Å²) in [5.41, 5.74) is 6.59. The second-order valence-electron chi connectivity index (χ2n) is 3.74. The van der Waals surface area contributed by atoms with Gasteiger partial charge in [-0.1, -0.05) is 0 Å². The number of nitrogens with zero attached hydrogens (tertiary/aromatic N) is 2. The fourth-order valence-corrected chi connectivity index (χ4v) is 1.70. The molecule has 90 valence electrons. The lowest BCUT2D eigenvalue weighted by atomic mass is 10.3. The van der Waals surface area contributed by atoms with Crippen LogP contribution in [0.5, 0.6) is 0 Å². The molecule has 0 aromatic carbocycles. The second kappa shape index (κ2) is 4.97. The quantitative estimate of drug-likeness (QED) is 0.797. The standard InChI is InChI=1S/C12H15N3O2/c1-2-17-12(16)10(13)8-15-7-5-9-4-3-6-14-11(9)15/h3-7,10H,2,8,13H2,1H3. The summed E-state index contributed by atoms with van der Waals surface area (Å²) in [5, 5.41) is 1.03. The molecule has 0 aliphatic heterocycles. The number of fused-ring (bicyclic) bond motifs is 1. The molecule has 0 saturated heterocycles. The molecule has 2 rings (SSSR count). The summed E-state index contributed by atoms with van der Waals surface area (Å²) in [4.78, 5) is 15.7. The van der Waals surface area contributed by atoms with Gasteiger partial charge in [0.25, 0.3) is 0 Å². The Bertz CT molecular complexity index is 521. The number of rotatable bonds is 4. The summed E-state index contributed by atoms with van der Waals surface area (Å²) in [6, 6.07) is 5.12. The van der Waals surface area contributed by atoms with Crippen molar-refractivity contribution in [3.05, 3.63) is 30.6 Å². The minimum atomic E-state index is -0.660. The number of aromatic nitrogens is 2. The van der Waals surface area contributed by atoms with Gasteiger partial charge in [-0.15, -0.1) is 0 Å². The Morgan fingerprint density at radius 1 is 1.59 bits per heavy atom. The van der Waals surface area contributed by atoms with Crippen LogP contribution in [0.2, 0.25) is 0 Å². The molecule has 2 heterocycles. The van der Waals surface area contributed by atoms with E-state index in [4.69, 9.17) is 10.5 Å². The summed E-state index contributed by atoms with van der Waals surface area (Å²) in [6.45, 7) is 2.48. The maximum absolute atomic E-state index is 11.4. The lowest BCUT2D eigenvalue weighted by Crippen LogP contribution is -2.36. The van der Waals surface area contributed by atoms with Crippen LogP contribution in [0.25, 0.3) is 11.0 Å². The summed E-state index contributed by atoms with van der Waals surface area (Å²) in [6.07, 6.45) is 3.59. The molecule has 17 heavy (non-hydrogen) atoms. The van der Waals surface area contributed by atoms with Crippen molar-refractivity contribution in [1.82, 2.24) is 9.55 Å². The van der Waals surface area contributed by atoms with Crippen molar-refractivity contribution in [2.24, 2.45) is 5.73 Å². The van der Waals surface area contributed by atoms with Gasteiger partial charge in [0.2, 0.25) is 0 Å². The first-order chi connectivity index (χ1) is 8.22. The van der Waals surface area contributed by atoms with Gasteiger partial charge in [0.05, 0.1) is 6.61 Å². The van der Waals surface area contributed by atoms with E-state index in [1.165, 1.54) is 0 Å². The highest BCUT2D eigenvalue weighted by atomic mass is 16.5. The molecule has 0 fully saturated rings. The van der Waals surface area contributed by atoms with Crippen molar-refractivity contribution < 1.29 is 9.53 Å². The summed E-state index contributed by atoms with van der Waals surface area (Å²) < 4.78 is 6.72. The van der Waals surface area contributed by atoms with E-state index in [0.717, 1.165) is 11.0 Å². The number of pyridine rings is 1. The average Bonchev–Trinajstić information content (AvgIpc) is 2.73. The molecule has 5 nitrogen and oxygen atoms in total. The maximum atomic E-state index is 11.4. The molecule has 2 aromatic rings. The van der Waals surface area contributed by atoms with Crippen LogP contribution in [0, 0.1) is 0 Å². The third kappa shape index (κ3) is 2.45. The Hall–Kier alpha value is -1.88. The molecule has 1 atom stereocenters. The Kier molecular flexibility index (Phi) is 3.39. The number of carbonyl (C=O) groups is 1. The zero-order valence-corrected chi connectivity index (χ0v) is 9.67. The lowest BCUT2D eigenvalue weighted by molar-refractivity contribution is -0.144. The zero-order chi connectivity index (χ0) is 12.3. The van der Waals surface area contributed by atoms with Gasteiger partial charge in [0.15, 0.2) is 0 Å². The molecule has 0 radical (unpaired) electrons. The summed E-state index contributed by atoms with van der Waals surface area (Å²) in [7, 11) is 0. The van der Waals surface area contributed by atoms with Gasteiger partial charge in [-0.2, -0.15) is 0 Å². The molecular formula is C12H15N3O2. The third-order valence-corrected chi connectivity index (χ3v) is 2.51. The third-order valence-electron chi connectivity index (χ3n) is 2.51. The van der Waals surface area contributed by atoms with Crippen molar-refractivity contribution in [1.29, 1.82) is 0 Å². The highest BCUT2D eigenvalue weighted by molar-refractivity contribution is 5.77. The second-order valence-corrected chi connectivity index (χ2v) is 3.74. The van der Waals surface area contributed by atoms with Crippen molar-refractivity contribution in [2.45, 2.75) is 19.5 Å². The van der Waals surface area contributed by atoms with Crippen LogP contribution in [-0.4, -0.2) is 28.2 Å². The highest BCUT2D eigenvalue weighted by Crippen LogP contribution is 2.12. The Balaban J connectivity index is 2.16. The molecule has 5 heteroatoms. The molecular weight excluding hydrogens is 218 g/mol. The lowest BCUT2D eigenvalue weighted by Gasteiger charge is -2.11. The van der Waals surface area contributed by atoms with E-state index in [1.54, 1.807) is 13.1 Å². The van der Waals surface area contributed by atoms with Gasteiger partial charge in [0.1, 0.15) is 11.7 Å². The van der Waals surface area contributed by atoms with Crippen LogP contribution in [0.1, 0.15) is 6.92 Å². The van der Waals surface area contributed by atoms with E-state index in [-0.39, 0.29) is 5.97 Å². The van der Waals surface area contributed by atoms with E-state index >= 15 is 0 Å². The minimum Gasteiger partial charge on any atom is -0.465 e. The smallest absolute Gasteiger partial charge is 0.324 e. The van der Waals surface area contributed by atoms with Crippen LogP contribution >= 0.6 is 0 Å². The van der Waals surface area contributed by atoms with Crippen LogP contribution < -0.4 is 5.73 Å². The van der Waals surface area contributed by atoms with Crippen LogP contribution in [0.3, 0.4) is 0 Å². The van der Waals surface area contributed by atoms with Crippen molar-refractivity contribution in [3.8, 4) is 0 Å². The average molecular weight is 233 g/mol. The van der Waals surface area contributed by atoms with Gasteiger partial charge >= 0.3 is 5.97 Å². The Morgan fingerprint density at radius 3 is 3.18 bits per heavy atom. The first-order valence-electron chi connectivity index (χ1n) is 5.54. The SMILES string of the molecule is CCOC(=O)C(N)Cn1ccc2cccnc21. The molecule has 1 unspecified atom stereocenters. The Labute approximate surface area is 99.2 Å². The predicted octanol–water partition coefficient (Wildman–Crippen LogP) is 0.927. The van der Waals surface area contributed by atoms with Gasteiger partial charge in [-0.05, 0) is 25.1 Å². The van der Waals surface area contributed by atoms with Gasteiger partial charge in [-0.25, -0.2) is 4.98 Å². The minimum absolute atomic E-state index is 0.344. The van der Waals surface area contributed by atoms with Gasteiger partial charge in [-0.3, -0.25) is 4.79 Å². The topological polar surface area (TPSA) is 70.1 Å². The molecule has 2 aromatic heterocycles. The summed E-state index contributed by atoms with van der Waals surface area (Å²) >= 11 is 0. The molecule has 0 aliphatic rings. The van der Waals surface area contributed by atoms with Crippen molar-refractivity contribution in [3.63, 3.8) is 0 Å². The van der Waals surface area contributed by atoms with Crippen molar-refractivity contribution >= 4 is 17.0 Å². The number of ether oxygens (including phenoxy) is 1. The van der Waals surface area contributed by atoms with Gasteiger partial charge < -0.3 is 15.0 Å². The molecule has 0 spiro atoms. The first kappa shape index (κ1) is 11.6. The van der Waals surface area contributed by atoms with Crippen molar-refractivity contribution in [2.75, 3.05) is 6.61 Å². The Morgan fingerprint density at radius 2 is 2.41 bits per heavy atom. The molecule has 0 bridgehead atoms. The number of hydrogen-bond acceptors (Lipinski definition) is 4. The highest BCUT2D eigenvalue weighted by Gasteiger charge is 2.16. The number of hydrogen-bond donors (Lipinski definition) is 1. The fourth-order valence-electron chi connectivity index (χ4n) is 1.70. The normalized spacial score (nSPS) is 12.6. The van der Waals surface area contributed by atoms with E-state index in [0.29, 0.717) is 13.2 Å². The number of nitrogens with two attached hydrogens (primary N) is 1. The monoisotopic (exact) mass is 233 g/mol. The molecule has 0 amide bonds. The fraction of sp³-hybridized carbons (Fsp3) is 0.333. The maximum Gasteiger partial charge on any atom is 0.324 e. The van der Waals surface area contributed by atoms with E-state index in [2.05, 4.69) is 4.98 Å². The largest absolute Gasteiger partial charge is 0.465 e. The molecule has 2 N–H and O–H groups in total. The summed E-state index contributed by atoms with van der Waals surface area (Å²) in [5.74, 6) is -0.384.